The fraction of sp³-hybridized carbons (Fsp3) is 0.300. The van der Waals surface area contributed by atoms with Crippen LogP contribution in [0.3, 0.4) is 0 Å². The molecule has 0 fully saturated rings. The highest BCUT2D eigenvalue weighted by atomic mass is 16.5. The van der Waals surface area contributed by atoms with E-state index in [1.807, 2.05) is 49.4 Å². The first kappa shape index (κ1) is 19.3. The number of amides is 2. The Labute approximate surface area is 153 Å². The van der Waals surface area contributed by atoms with Crippen LogP contribution in [0.15, 0.2) is 48.5 Å². The first-order valence-corrected chi connectivity index (χ1v) is 8.51. The van der Waals surface area contributed by atoms with Crippen molar-refractivity contribution in [2.24, 2.45) is 0 Å². The number of rotatable bonds is 7. The van der Waals surface area contributed by atoms with Gasteiger partial charge in [0.15, 0.2) is 12.7 Å². The molecule has 26 heavy (non-hydrogen) atoms. The molecule has 0 spiro atoms. The minimum Gasteiger partial charge on any atom is -0.484 e. The van der Waals surface area contributed by atoms with Gasteiger partial charge in [0.2, 0.25) is 0 Å². The molecule has 2 aromatic carbocycles. The highest BCUT2D eigenvalue weighted by Gasteiger charge is 2.15. The number of carbonyl (C=O) groups excluding carboxylic acids is 2. The lowest BCUT2D eigenvalue weighted by Crippen LogP contribution is -2.48. The van der Waals surface area contributed by atoms with Crippen LogP contribution in [0.2, 0.25) is 0 Å². The molecule has 1 unspecified atom stereocenters. The number of nitrogens with one attached hydrogen (secondary N) is 2. The van der Waals surface area contributed by atoms with E-state index >= 15 is 0 Å². The monoisotopic (exact) mass is 356 g/mol. The molecule has 0 aliphatic carbocycles. The van der Waals surface area contributed by atoms with Gasteiger partial charge in [-0.1, -0.05) is 31.2 Å². The molecule has 0 aliphatic rings. The van der Waals surface area contributed by atoms with Gasteiger partial charge in [0.05, 0.1) is 0 Å². The SMILES string of the molecule is CCc1ccc(OC(C)C(=O)NNC(=O)COc2cccc(C)c2)cc1. The topological polar surface area (TPSA) is 76.7 Å². The van der Waals surface area contributed by atoms with Crippen LogP contribution in [0, 0.1) is 6.92 Å². The van der Waals surface area contributed by atoms with Crippen molar-refractivity contribution < 1.29 is 19.1 Å². The second-order valence-electron chi connectivity index (χ2n) is 5.90. The molecule has 1 atom stereocenters. The van der Waals surface area contributed by atoms with Crippen LogP contribution >= 0.6 is 0 Å². The van der Waals surface area contributed by atoms with E-state index in [-0.39, 0.29) is 6.61 Å². The highest BCUT2D eigenvalue weighted by molar-refractivity contribution is 5.85. The molecular weight excluding hydrogens is 332 g/mol. The maximum absolute atomic E-state index is 12.0. The summed E-state index contributed by atoms with van der Waals surface area (Å²) in [6, 6.07) is 14.9. The van der Waals surface area contributed by atoms with Gasteiger partial charge in [0, 0.05) is 0 Å². The molecular formula is C20H24N2O4. The summed E-state index contributed by atoms with van der Waals surface area (Å²) in [7, 11) is 0. The lowest BCUT2D eigenvalue weighted by molar-refractivity contribution is -0.133. The highest BCUT2D eigenvalue weighted by Crippen LogP contribution is 2.14. The van der Waals surface area contributed by atoms with Gasteiger partial charge in [-0.15, -0.1) is 0 Å². The van der Waals surface area contributed by atoms with Gasteiger partial charge in [-0.2, -0.15) is 0 Å². The Morgan fingerprint density at radius 1 is 1.04 bits per heavy atom. The number of hydrazine groups is 1. The Hall–Kier alpha value is -3.02. The van der Waals surface area contributed by atoms with Gasteiger partial charge >= 0.3 is 0 Å². The molecule has 2 amide bonds. The Morgan fingerprint density at radius 2 is 1.77 bits per heavy atom. The van der Waals surface area contributed by atoms with Crippen molar-refractivity contribution in [3.63, 3.8) is 0 Å². The fourth-order valence-corrected chi connectivity index (χ4v) is 2.18. The van der Waals surface area contributed by atoms with Crippen molar-refractivity contribution in [2.75, 3.05) is 6.61 Å². The lowest BCUT2D eigenvalue weighted by Gasteiger charge is -2.15. The molecule has 0 bridgehead atoms. The zero-order valence-electron chi connectivity index (χ0n) is 15.2. The van der Waals surface area contributed by atoms with Crippen LogP contribution in [-0.2, 0) is 16.0 Å². The fourth-order valence-electron chi connectivity index (χ4n) is 2.18. The van der Waals surface area contributed by atoms with E-state index < -0.39 is 17.9 Å². The van der Waals surface area contributed by atoms with Crippen LogP contribution in [0.25, 0.3) is 0 Å². The Balaban J connectivity index is 1.73. The molecule has 0 aromatic heterocycles. The largest absolute Gasteiger partial charge is 0.484 e. The van der Waals surface area contributed by atoms with Gasteiger partial charge in [-0.3, -0.25) is 20.4 Å². The predicted molar refractivity (Wildman–Crippen MR) is 98.9 cm³/mol. The van der Waals surface area contributed by atoms with E-state index in [2.05, 4.69) is 17.8 Å². The molecule has 0 saturated carbocycles. The summed E-state index contributed by atoms with van der Waals surface area (Å²) in [5.41, 5.74) is 6.86. The molecule has 2 N–H and O–H groups in total. The average Bonchev–Trinajstić information content (AvgIpc) is 2.65. The van der Waals surface area contributed by atoms with Crippen LogP contribution in [0.5, 0.6) is 11.5 Å². The van der Waals surface area contributed by atoms with Crippen molar-refractivity contribution in [3.8, 4) is 11.5 Å². The van der Waals surface area contributed by atoms with E-state index in [4.69, 9.17) is 9.47 Å². The first-order valence-electron chi connectivity index (χ1n) is 8.51. The van der Waals surface area contributed by atoms with Crippen molar-refractivity contribution in [1.82, 2.24) is 10.9 Å². The normalized spacial score (nSPS) is 11.3. The van der Waals surface area contributed by atoms with Crippen molar-refractivity contribution in [2.45, 2.75) is 33.3 Å². The molecule has 0 radical (unpaired) electrons. The molecule has 138 valence electrons. The smallest absolute Gasteiger partial charge is 0.279 e. The number of carbonyl (C=O) groups is 2. The third-order valence-electron chi connectivity index (χ3n) is 3.70. The molecule has 2 aromatic rings. The van der Waals surface area contributed by atoms with Gasteiger partial charge < -0.3 is 9.47 Å². The van der Waals surface area contributed by atoms with Gasteiger partial charge in [-0.25, -0.2) is 0 Å². The Bertz CT molecular complexity index is 744. The number of benzene rings is 2. The zero-order chi connectivity index (χ0) is 18.9. The van der Waals surface area contributed by atoms with Crippen molar-refractivity contribution in [3.05, 3.63) is 59.7 Å². The molecule has 0 heterocycles. The lowest BCUT2D eigenvalue weighted by atomic mass is 10.2. The molecule has 2 rings (SSSR count). The number of aryl methyl sites for hydroxylation is 2. The van der Waals surface area contributed by atoms with Crippen LogP contribution < -0.4 is 20.3 Å². The van der Waals surface area contributed by atoms with Gasteiger partial charge in [0.1, 0.15) is 11.5 Å². The summed E-state index contributed by atoms with van der Waals surface area (Å²) in [6.07, 6.45) is 0.188. The second-order valence-corrected chi connectivity index (χ2v) is 5.90. The zero-order valence-corrected chi connectivity index (χ0v) is 15.2. The first-order chi connectivity index (χ1) is 12.5. The second kappa shape index (κ2) is 9.46. The average molecular weight is 356 g/mol. The van der Waals surface area contributed by atoms with E-state index in [1.165, 1.54) is 5.56 Å². The number of hydrogen-bond acceptors (Lipinski definition) is 4. The Kier molecular flexibility index (Phi) is 7.02. The minimum absolute atomic E-state index is 0.197. The van der Waals surface area contributed by atoms with Crippen molar-refractivity contribution in [1.29, 1.82) is 0 Å². The van der Waals surface area contributed by atoms with Gasteiger partial charge in [-0.05, 0) is 55.7 Å². The minimum atomic E-state index is -0.750. The van der Waals surface area contributed by atoms with E-state index in [0.29, 0.717) is 11.5 Å². The van der Waals surface area contributed by atoms with E-state index in [1.54, 1.807) is 13.0 Å². The summed E-state index contributed by atoms with van der Waals surface area (Å²) < 4.78 is 10.9. The van der Waals surface area contributed by atoms with Crippen LogP contribution in [0.4, 0.5) is 0 Å². The van der Waals surface area contributed by atoms with E-state index in [0.717, 1.165) is 12.0 Å². The summed E-state index contributed by atoms with van der Waals surface area (Å²) in [6.45, 7) is 5.41. The summed E-state index contributed by atoms with van der Waals surface area (Å²) >= 11 is 0. The van der Waals surface area contributed by atoms with Crippen LogP contribution in [-0.4, -0.2) is 24.5 Å². The quantitative estimate of drug-likeness (QED) is 0.748. The maximum Gasteiger partial charge on any atom is 0.279 e. The third-order valence-corrected chi connectivity index (χ3v) is 3.70. The third kappa shape index (κ3) is 6.12. The molecule has 0 aliphatic heterocycles. The van der Waals surface area contributed by atoms with Gasteiger partial charge in [0.25, 0.3) is 11.8 Å². The van der Waals surface area contributed by atoms with Crippen LogP contribution in [0.1, 0.15) is 25.0 Å². The summed E-state index contributed by atoms with van der Waals surface area (Å²) in [5, 5.41) is 0. The maximum atomic E-state index is 12.0. The summed E-state index contributed by atoms with van der Waals surface area (Å²) in [5.74, 6) is 0.283. The number of hydrogen-bond donors (Lipinski definition) is 2. The molecule has 6 nitrogen and oxygen atoms in total. The standard InChI is InChI=1S/C20H24N2O4/c1-4-16-8-10-17(11-9-16)26-15(3)20(24)22-21-19(23)13-25-18-7-5-6-14(2)12-18/h5-12,15H,4,13H2,1-3H3,(H,21,23)(H,22,24). The van der Waals surface area contributed by atoms with E-state index in [9.17, 15) is 9.59 Å². The molecule has 0 saturated heterocycles. The summed E-state index contributed by atoms with van der Waals surface area (Å²) in [4.78, 5) is 23.8. The Morgan fingerprint density at radius 3 is 2.42 bits per heavy atom. The number of ether oxygens (including phenoxy) is 2. The molecule has 6 heteroatoms. The van der Waals surface area contributed by atoms with Crippen molar-refractivity contribution >= 4 is 11.8 Å². The predicted octanol–water partition coefficient (Wildman–Crippen LogP) is 2.55.